The smallest absolute Gasteiger partial charge is 0.274 e. The van der Waals surface area contributed by atoms with Crippen LogP contribution in [0.3, 0.4) is 0 Å². The summed E-state index contributed by atoms with van der Waals surface area (Å²) in [7, 11) is -4.16. The number of hydrogen-bond donors (Lipinski definition) is 1. The van der Waals surface area contributed by atoms with E-state index < -0.39 is 21.8 Å². The Morgan fingerprint density at radius 3 is 2.23 bits per heavy atom. The zero-order chi connectivity index (χ0) is 9.90. The second-order valence-corrected chi connectivity index (χ2v) is 4.62. The van der Waals surface area contributed by atoms with Crippen molar-refractivity contribution in [2.75, 3.05) is 18.8 Å². The van der Waals surface area contributed by atoms with Gasteiger partial charge in [0.1, 0.15) is 0 Å². The zero-order valence-corrected chi connectivity index (χ0v) is 8.09. The number of carbonyl (C=O) groups excluding carboxylic acids is 1. The van der Waals surface area contributed by atoms with E-state index >= 15 is 0 Å². The third kappa shape index (κ3) is 3.73. The Labute approximate surface area is 77.5 Å². The van der Waals surface area contributed by atoms with Crippen LogP contribution >= 0.6 is 0 Å². The van der Waals surface area contributed by atoms with Crippen molar-refractivity contribution in [2.24, 2.45) is 0 Å². The Hall–Kier alpha value is -0.620. The molecule has 0 unspecified atom stereocenters. The molecular formula is C7H13NO4S. The maximum absolute atomic E-state index is 11.2. The lowest BCUT2D eigenvalue weighted by atomic mass is 10.1. The van der Waals surface area contributed by atoms with E-state index in [0.29, 0.717) is 13.1 Å². The van der Waals surface area contributed by atoms with Gasteiger partial charge in [-0.25, -0.2) is 0 Å². The van der Waals surface area contributed by atoms with Crippen LogP contribution in [0.2, 0.25) is 0 Å². The highest BCUT2D eigenvalue weighted by molar-refractivity contribution is 7.86. The van der Waals surface area contributed by atoms with E-state index in [-0.39, 0.29) is 0 Å². The number of rotatable bonds is 2. The summed E-state index contributed by atoms with van der Waals surface area (Å²) in [6, 6.07) is 0. The minimum atomic E-state index is -4.16. The highest BCUT2D eigenvalue weighted by Crippen LogP contribution is 2.08. The molecule has 1 aliphatic rings. The molecule has 0 aromatic heterocycles. The molecule has 0 atom stereocenters. The second-order valence-electron chi connectivity index (χ2n) is 3.17. The SMILES string of the molecule is O=C(CS(=O)(=O)O)N1CCCCC1. The molecule has 0 radical (unpaired) electrons. The van der Waals surface area contributed by atoms with Gasteiger partial charge in [0.05, 0.1) is 0 Å². The number of amides is 1. The minimum Gasteiger partial charge on any atom is -0.342 e. The van der Waals surface area contributed by atoms with Crippen LogP contribution in [0.4, 0.5) is 0 Å². The Kier molecular flexibility index (Phi) is 3.27. The summed E-state index contributed by atoms with van der Waals surface area (Å²) < 4.78 is 29.2. The molecule has 0 aromatic rings. The molecule has 0 spiro atoms. The topological polar surface area (TPSA) is 74.7 Å². The first-order valence-corrected chi connectivity index (χ1v) is 5.83. The van der Waals surface area contributed by atoms with Crippen LogP contribution < -0.4 is 0 Å². The van der Waals surface area contributed by atoms with E-state index in [2.05, 4.69) is 0 Å². The van der Waals surface area contributed by atoms with E-state index in [0.717, 1.165) is 19.3 Å². The Morgan fingerprint density at radius 2 is 1.77 bits per heavy atom. The third-order valence-electron chi connectivity index (χ3n) is 2.01. The second kappa shape index (κ2) is 4.06. The molecule has 1 saturated heterocycles. The van der Waals surface area contributed by atoms with E-state index in [1.165, 1.54) is 4.90 Å². The van der Waals surface area contributed by atoms with Crippen molar-refractivity contribution in [1.82, 2.24) is 4.90 Å². The summed E-state index contributed by atoms with van der Waals surface area (Å²) in [5, 5.41) is 0. The predicted molar refractivity (Wildman–Crippen MR) is 46.8 cm³/mol. The Bertz CT molecular complexity index is 279. The minimum absolute atomic E-state index is 0.498. The molecule has 0 aromatic carbocycles. The average molecular weight is 207 g/mol. The lowest BCUT2D eigenvalue weighted by Crippen LogP contribution is -2.39. The summed E-state index contributed by atoms with van der Waals surface area (Å²) in [5.41, 5.74) is 0. The Morgan fingerprint density at radius 1 is 1.23 bits per heavy atom. The van der Waals surface area contributed by atoms with Crippen LogP contribution in [0.15, 0.2) is 0 Å². The average Bonchev–Trinajstić information content (AvgIpc) is 2.03. The van der Waals surface area contributed by atoms with Crippen molar-refractivity contribution in [2.45, 2.75) is 19.3 Å². The van der Waals surface area contributed by atoms with Gasteiger partial charge in [-0.05, 0) is 19.3 Å². The van der Waals surface area contributed by atoms with Gasteiger partial charge in [-0.3, -0.25) is 9.35 Å². The molecule has 1 N–H and O–H groups in total. The number of hydrogen-bond acceptors (Lipinski definition) is 3. The summed E-state index contributed by atoms with van der Waals surface area (Å²) in [6.45, 7) is 1.21. The lowest BCUT2D eigenvalue weighted by molar-refractivity contribution is -0.129. The van der Waals surface area contributed by atoms with Crippen molar-refractivity contribution < 1.29 is 17.8 Å². The molecule has 0 saturated carbocycles. The number of likely N-dealkylation sites (tertiary alicyclic amines) is 1. The first-order chi connectivity index (χ1) is 5.99. The monoisotopic (exact) mass is 207 g/mol. The standard InChI is InChI=1S/C7H13NO4S/c9-7(6-13(10,11)12)8-4-2-1-3-5-8/h1-6H2,(H,10,11,12). The normalized spacial score (nSPS) is 18.7. The van der Waals surface area contributed by atoms with Gasteiger partial charge in [-0.1, -0.05) is 0 Å². The quantitative estimate of drug-likeness (QED) is 0.641. The van der Waals surface area contributed by atoms with Crippen molar-refractivity contribution in [3.05, 3.63) is 0 Å². The number of piperidine rings is 1. The molecule has 1 rings (SSSR count). The van der Waals surface area contributed by atoms with Crippen molar-refractivity contribution in [3.63, 3.8) is 0 Å². The fourth-order valence-corrected chi connectivity index (χ4v) is 1.89. The number of carbonyl (C=O) groups is 1. The van der Waals surface area contributed by atoms with Gasteiger partial charge in [0.2, 0.25) is 5.91 Å². The number of nitrogens with zero attached hydrogens (tertiary/aromatic N) is 1. The summed E-state index contributed by atoms with van der Waals surface area (Å²) in [6.07, 6.45) is 2.91. The van der Waals surface area contributed by atoms with Crippen LogP contribution in [0.5, 0.6) is 0 Å². The molecule has 1 aliphatic heterocycles. The zero-order valence-electron chi connectivity index (χ0n) is 7.27. The van der Waals surface area contributed by atoms with Crippen molar-refractivity contribution >= 4 is 16.0 Å². The van der Waals surface area contributed by atoms with E-state index in [4.69, 9.17) is 4.55 Å². The molecule has 1 amide bonds. The van der Waals surface area contributed by atoms with Gasteiger partial charge in [0.15, 0.2) is 5.75 Å². The molecule has 76 valence electrons. The highest BCUT2D eigenvalue weighted by atomic mass is 32.2. The molecule has 13 heavy (non-hydrogen) atoms. The van der Waals surface area contributed by atoms with Gasteiger partial charge >= 0.3 is 0 Å². The largest absolute Gasteiger partial charge is 0.342 e. The Balaban J connectivity index is 2.47. The van der Waals surface area contributed by atoms with Gasteiger partial charge in [-0.15, -0.1) is 0 Å². The first kappa shape index (κ1) is 10.5. The van der Waals surface area contributed by atoms with E-state index in [9.17, 15) is 13.2 Å². The molecule has 0 aliphatic carbocycles. The fourth-order valence-electron chi connectivity index (χ4n) is 1.39. The van der Waals surface area contributed by atoms with Crippen molar-refractivity contribution in [3.8, 4) is 0 Å². The fraction of sp³-hybridized carbons (Fsp3) is 0.857. The van der Waals surface area contributed by atoms with Crippen molar-refractivity contribution in [1.29, 1.82) is 0 Å². The van der Waals surface area contributed by atoms with Crippen LogP contribution in [-0.4, -0.2) is 42.6 Å². The lowest BCUT2D eigenvalue weighted by Gasteiger charge is -2.26. The van der Waals surface area contributed by atoms with Crippen LogP contribution in [-0.2, 0) is 14.9 Å². The van der Waals surface area contributed by atoms with E-state index in [1.54, 1.807) is 0 Å². The predicted octanol–water partition coefficient (Wildman–Crippen LogP) is -0.113. The molecule has 5 nitrogen and oxygen atoms in total. The molecule has 1 heterocycles. The van der Waals surface area contributed by atoms with Crippen LogP contribution in [0.25, 0.3) is 0 Å². The van der Waals surface area contributed by atoms with Crippen LogP contribution in [0.1, 0.15) is 19.3 Å². The molecular weight excluding hydrogens is 194 g/mol. The van der Waals surface area contributed by atoms with Gasteiger partial charge in [-0.2, -0.15) is 8.42 Å². The highest BCUT2D eigenvalue weighted by Gasteiger charge is 2.20. The van der Waals surface area contributed by atoms with E-state index in [1.807, 2.05) is 0 Å². The molecule has 1 fully saturated rings. The van der Waals surface area contributed by atoms with Gasteiger partial charge < -0.3 is 4.90 Å². The molecule has 0 bridgehead atoms. The first-order valence-electron chi connectivity index (χ1n) is 4.22. The van der Waals surface area contributed by atoms with Crippen LogP contribution in [0, 0.1) is 0 Å². The summed E-state index contributed by atoms with van der Waals surface area (Å²) in [4.78, 5) is 12.7. The maximum atomic E-state index is 11.2. The van der Waals surface area contributed by atoms with Gasteiger partial charge in [0.25, 0.3) is 10.1 Å². The van der Waals surface area contributed by atoms with Gasteiger partial charge in [0, 0.05) is 13.1 Å². The maximum Gasteiger partial charge on any atom is 0.274 e. The summed E-state index contributed by atoms with van der Waals surface area (Å²) >= 11 is 0. The molecule has 6 heteroatoms. The third-order valence-corrected chi connectivity index (χ3v) is 2.63. The summed E-state index contributed by atoms with van der Waals surface area (Å²) in [5.74, 6) is -1.28.